The highest BCUT2D eigenvalue weighted by Gasteiger charge is 2.41. The SMILES string of the molecule is CCCC1CC(=O)C2=C(C1)N=C(C)C(C#N)C2c1cc(Br)c(OCc2cccc(OC)c2)c(C#N)c1. The summed E-state index contributed by atoms with van der Waals surface area (Å²) in [4.78, 5) is 18.1. The van der Waals surface area contributed by atoms with E-state index in [1.54, 1.807) is 13.2 Å². The molecule has 2 aromatic carbocycles. The second-order valence-electron chi connectivity index (χ2n) is 9.32. The number of aliphatic imine (C=N–C) groups is 1. The second-order valence-corrected chi connectivity index (χ2v) is 10.2. The summed E-state index contributed by atoms with van der Waals surface area (Å²) in [5.74, 6) is 0.456. The molecule has 0 radical (unpaired) electrons. The van der Waals surface area contributed by atoms with Crippen molar-refractivity contribution in [1.29, 1.82) is 10.5 Å². The van der Waals surface area contributed by atoms with Crippen LogP contribution < -0.4 is 9.47 Å². The van der Waals surface area contributed by atoms with Gasteiger partial charge in [0.25, 0.3) is 0 Å². The lowest BCUT2D eigenvalue weighted by Crippen LogP contribution is -2.32. The molecule has 0 amide bonds. The van der Waals surface area contributed by atoms with E-state index < -0.39 is 11.8 Å². The van der Waals surface area contributed by atoms with Crippen LogP contribution in [0, 0.1) is 34.5 Å². The molecule has 36 heavy (non-hydrogen) atoms. The van der Waals surface area contributed by atoms with Crippen molar-refractivity contribution in [3.63, 3.8) is 0 Å². The minimum atomic E-state index is -0.572. The number of nitriles is 2. The maximum absolute atomic E-state index is 13.3. The summed E-state index contributed by atoms with van der Waals surface area (Å²) in [6.45, 7) is 4.23. The summed E-state index contributed by atoms with van der Waals surface area (Å²) < 4.78 is 11.9. The predicted molar refractivity (Wildman–Crippen MR) is 141 cm³/mol. The Bertz CT molecular complexity index is 1330. The molecule has 0 aromatic heterocycles. The topological polar surface area (TPSA) is 95.5 Å². The van der Waals surface area contributed by atoms with Crippen molar-refractivity contribution in [2.45, 2.75) is 52.1 Å². The molecule has 6 nitrogen and oxygen atoms in total. The van der Waals surface area contributed by atoms with Crippen LogP contribution in [0.4, 0.5) is 0 Å². The van der Waals surface area contributed by atoms with Gasteiger partial charge in [-0.2, -0.15) is 10.5 Å². The van der Waals surface area contributed by atoms with E-state index >= 15 is 0 Å². The van der Waals surface area contributed by atoms with E-state index in [0.717, 1.165) is 41.8 Å². The maximum atomic E-state index is 13.3. The van der Waals surface area contributed by atoms with E-state index in [9.17, 15) is 15.3 Å². The number of Topliss-reactive ketones (excluding diaryl/α,β-unsaturated/α-hetero) is 1. The van der Waals surface area contributed by atoms with Gasteiger partial charge in [0, 0.05) is 29.3 Å². The number of halogens is 1. The molecule has 7 heteroatoms. The van der Waals surface area contributed by atoms with Crippen molar-refractivity contribution in [3.8, 4) is 23.6 Å². The third-order valence-corrected chi connectivity index (χ3v) is 7.46. The normalized spacial score (nSPS) is 21.2. The standard InChI is InChI=1S/C29H28BrN3O3/c1-4-6-18-10-25-28(26(34)11-18)27(23(15-32)17(2)33-25)20-12-21(14-31)29(24(30)13-20)36-16-19-7-5-8-22(9-19)35-3/h5,7-9,12-13,18,23,27H,4,6,10-11,16H2,1-3H3. The van der Waals surface area contributed by atoms with Crippen LogP contribution in [0.3, 0.4) is 0 Å². The molecular weight excluding hydrogens is 518 g/mol. The number of hydrogen-bond donors (Lipinski definition) is 0. The summed E-state index contributed by atoms with van der Waals surface area (Å²) in [6.07, 6.45) is 3.22. The number of methoxy groups -OCH3 is 1. The molecule has 1 heterocycles. The number of carbonyl (C=O) groups is 1. The zero-order valence-corrected chi connectivity index (χ0v) is 22.3. The lowest BCUT2D eigenvalue weighted by Gasteiger charge is -2.35. The van der Waals surface area contributed by atoms with Crippen molar-refractivity contribution < 1.29 is 14.3 Å². The molecule has 0 saturated heterocycles. The van der Waals surface area contributed by atoms with Gasteiger partial charge in [-0.1, -0.05) is 25.5 Å². The average molecular weight is 546 g/mol. The Morgan fingerprint density at radius 3 is 2.69 bits per heavy atom. The molecule has 0 saturated carbocycles. The lowest BCUT2D eigenvalue weighted by molar-refractivity contribution is -0.117. The van der Waals surface area contributed by atoms with Gasteiger partial charge in [-0.15, -0.1) is 0 Å². The fourth-order valence-electron chi connectivity index (χ4n) is 5.22. The van der Waals surface area contributed by atoms with E-state index in [4.69, 9.17) is 14.5 Å². The number of allylic oxidation sites excluding steroid dienone is 2. The molecule has 0 spiro atoms. The van der Waals surface area contributed by atoms with Gasteiger partial charge >= 0.3 is 0 Å². The van der Waals surface area contributed by atoms with Crippen LogP contribution in [0.5, 0.6) is 11.5 Å². The van der Waals surface area contributed by atoms with Gasteiger partial charge in [-0.3, -0.25) is 9.79 Å². The van der Waals surface area contributed by atoms with Crippen molar-refractivity contribution in [1.82, 2.24) is 0 Å². The van der Waals surface area contributed by atoms with Crippen molar-refractivity contribution >= 4 is 27.4 Å². The third kappa shape index (κ3) is 5.08. The fraction of sp³-hybridized carbons (Fsp3) is 0.379. The molecule has 0 fully saturated rings. The number of hydrogen-bond acceptors (Lipinski definition) is 6. The Kier molecular flexibility index (Phi) is 7.91. The maximum Gasteiger partial charge on any atom is 0.161 e. The predicted octanol–water partition coefficient (Wildman–Crippen LogP) is 6.64. The Morgan fingerprint density at radius 1 is 1.19 bits per heavy atom. The van der Waals surface area contributed by atoms with E-state index in [1.165, 1.54) is 0 Å². The van der Waals surface area contributed by atoms with E-state index in [-0.39, 0.29) is 18.3 Å². The monoisotopic (exact) mass is 545 g/mol. The zero-order valence-electron chi connectivity index (χ0n) is 20.7. The summed E-state index contributed by atoms with van der Waals surface area (Å²) >= 11 is 3.58. The first-order valence-electron chi connectivity index (χ1n) is 12.1. The zero-order chi connectivity index (χ0) is 25.8. The largest absolute Gasteiger partial charge is 0.497 e. The fourth-order valence-corrected chi connectivity index (χ4v) is 5.81. The Hall–Kier alpha value is -3.42. The molecule has 2 aliphatic rings. The average Bonchev–Trinajstić information content (AvgIpc) is 2.87. The van der Waals surface area contributed by atoms with Crippen molar-refractivity contribution in [2.75, 3.05) is 7.11 Å². The number of benzene rings is 2. The molecule has 3 atom stereocenters. The van der Waals surface area contributed by atoms with Crippen LogP contribution in [-0.2, 0) is 11.4 Å². The van der Waals surface area contributed by atoms with Gasteiger partial charge in [-0.05, 0) is 77.0 Å². The Balaban J connectivity index is 1.71. The van der Waals surface area contributed by atoms with Crippen molar-refractivity contribution in [3.05, 3.63) is 68.8 Å². The van der Waals surface area contributed by atoms with Gasteiger partial charge in [0.05, 0.1) is 29.1 Å². The molecule has 2 aromatic rings. The summed E-state index contributed by atoms with van der Waals surface area (Å²) in [7, 11) is 1.61. The van der Waals surface area contributed by atoms with Crippen LogP contribution in [0.2, 0.25) is 0 Å². The summed E-state index contributed by atoms with van der Waals surface area (Å²) in [6, 6.07) is 15.7. The van der Waals surface area contributed by atoms with Gasteiger partial charge < -0.3 is 9.47 Å². The third-order valence-electron chi connectivity index (χ3n) is 6.87. The molecule has 184 valence electrons. The first-order valence-corrected chi connectivity index (χ1v) is 12.9. The van der Waals surface area contributed by atoms with Crippen LogP contribution >= 0.6 is 15.9 Å². The Labute approximate surface area is 220 Å². The number of rotatable bonds is 7. The molecule has 0 N–H and O–H groups in total. The second kappa shape index (κ2) is 11.1. The van der Waals surface area contributed by atoms with Crippen LogP contribution in [-0.4, -0.2) is 18.6 Å². The molecule has 1 aliphatic heterocycles. The van der Waals surface area contributed by atoms with E-state index in [0.29, 0.717) is 33.5 Å². The molecule has 0 bridgehead atoms. The number of carbonyl (C=O) groups excluding carboxylic acids is 1. The van der Waals surface area contributed by atoms with E-state index in [1.807, 2.05) is 37.3 Å². The molecule has 3 unspecified atom stereocenters. The quantitative estimate of drug-likeness (QED) is 0.388. The van der Waals surface area contributed by atoms with Gasteiger partial charge in [0.15, 0.2) is 11.5 Å². The molecular formula is C29H28BrN3O3. The highest BCUT2D eigenvalue weighted by atomic mass is 79.9. The molecule has 4 rings (SSSR count). The first kappa shape index (κ1) is 25.7. The van der Waals surface area contributed by atoms with Gasteiger partial charge in [-0.25, -0.2) is 0 Å². The molecule has 1 aliphatic carbocycles. The minimum Gasteiger partial charge on any atom is -0.497 e. The number of ether oxygens (including phenoxy) is 2. The number of nitrogens with zero attached hydrogens (tertiary/aromatic N) is 3. The Morgan fingerprint density at radius 2 is 2.00 bits per heavy atom. The summed E-state index contributed by atoms with van der Waals surface area (Å²) in [5, 5.41) is 20.0. The van der Waals surface area contributed by atoms with Crippen molar-refractivity contribution in [2.24, 2.45) is 16.8 Å². The minimum absolute atomic E-state index is 0.0594. The summed E-state index contributed by atoms with van der Waals surface area (Å²) in [5.41, 5.74) is 4.12. The highest BCUT2D eigenvalue weighted by Crippen LogP contribution is 2.46. The number of ketones is 1. The highest BCUT2D eigenvalue weighted by molar-refractivity contribution is 9.10. The van der Waals surface area contributed by atoms with Crippen LogP contribution in [0.1, 0.15) is 62.1 Å². The smallest absolute Gasteiger partial charge is 0.161 e. The lowest BCUT2D eigenvalue weighted by atomic mass is 9.70. The van der Waals surface area contributed by atoms with Crippen LogP contribution in [0.25, 0.3) is 0 Å². The first-order chi connectivity index (χ1) is 17.4. The van der Waals surface area contributed by atoms with Crippen LogP contribution in [0.15, 0.2) is 57.1 Å². The van der Waals surface area contributed by atoms with E-state index in [2.05, 4.69) is 35.0 Å². The van der Waals surface area contributed by atoms with Gasteiger partial charge in [0.1, 0.15) is 18.4 Å². The van der Waals surface area contributed by atoms with Gasteiger partial charge in [0.2, 0.25) is 0 Å².